The van der Waals surface area contributed by atoms with Crippen LogP contribution in [0.15, 0.2) is 62.8 Å². The molecule has 2 aromatic rings. The highest BCUT2D eigenvalue weighted by Gasteiger charge is 2.30. The van der Waals surface area contributed by atoms with Crippen molar-refractivity contribution in [2.45, 2.75) is 9.79 Å². The molecular formula is C18H18BrFN2O3S2. The molecule has 0 unspecified atom stereocenters. The normalized spacial score (nSPS) is 15.7. The van der Waals surface area contributed by atoms with E-state index in [1.54, 1.807) is 4.90 Å². The van der Waals surface area contributed by atoms with Crippen LogP contribution in [0.2, 0.25) is 0 Å². The number of sulfonamides is 1. The maximum atomic E-state index is 13.3. The predicted octanol–water partition coefficient (Wildman–Crippen LogP) is 3.21. The molecule has 3 rings (SSSR count). The molecule has 5 nitrogen and oxygen atoms in total. The van der Waals surface area contributed by atoms with Gasteiger partial charge in [-0.2, -0.15) is 4.31 Å². The standard InChI is InChI=1S/C18H18BrFN2O3S2/c19-16-6-1-2-7-17(16)26-13-18(23)21-8-10-22(11-9-21)27(24,25)15-5-3-4-14(20)12-15/h1-7,12H,8-11,13H2. The number of carbonyl (C=O) groups excluding carboxylic acids is 1. The highest BCUT2D eigenvalue weighted by Crippen LogP contribution is 2.27. The minimum atomic E-state index is -3.75. The maximum Gasteiger partial charge on any atom is 0.243 e. The van der Waals surface area contributed by atoms with Crippen molar-refractivity contribution in [2.24, 2.45) is 0 Å². The van der Waals surface area contributed by atoms with E-state index in [9.17, 15) is 17.6 Å². The molecule has 0 N–H and O–H groups in total. The van der Waals surface area contributed by atoms with Crippen LogP contribution in [0.1, 0.15) is 0 Å². The van der Waals surface area contributed by atoms with E-state index >= 15 is 0 Å². The Morgan fingerprint density at radius 1 is 1.07 bits per heavy atom. The summed E-state index contributed by atoms with van der Waals surface area (Å²) in [5, 5.41) is 0. The molecule has 27 heavy (non-hydrogen) atoms. The van der Waals surface area contributed by atoms with Crippen LogP contribution in [0.25, 0.3) is 0 Å². The van der Waals surface area contributed by atoms with E-state index in [-0.39, 0.29) is 23.9 Å². The van der Waals surface area contributed by atoms with E-state index in [0.29, 0.717) is 18.8 Å². The molecule has 0 aromatic heterocycles. The average Bonchev–Trinajstić information content (AvgIpc) is 2.67. The first kappa shape index (κ1) is 20.3. The summed E-state index contributed by atoms with van der Waals surface area (Å²) in [6, 6.07) is 12.7. The summed E-state index contributed by atoms with van der Waals surface area (Å²) < 4.78 is 40.8. The number of carbonyl (C=O) groups is 1. The zero-order valence-corrected chi connectivity index (χ0v) is 17.6. The van der Waals surface area contributed by atoms with Gasteiger partial charge >= 0.3 is 0 Å². The molecule has 2 aromatic carbocycles. The number of benzene rings is 2. The van der Waals surface area contributed by atoms with Crippen LogP contribution >= 0.6 is 27.7 Å². The van der Waals surface area contributed by atoms with Gasteiger partial charge in [-0.05, 0) is 46.3 Å². The number of thioether (sulfide) groups is 1. The van der Waals surface area contributed by atoms with Crippen molar-refractivity contribution in [3.8, 4) is 0 Å². The molecule has 144 valence electrons. The van der Waals surface area contributed by atoms with E-state index < -0.39 is 15.8 Å². The van der Waals surface area contributed by atoms with Crippen molar-refractivity contribution in [1.29, 1.82) is 0 Å². The minimum Gasteiger partial charge on any atom is -0.339 e. The molecule has 0 bridgehead atoms. The van der Waals surface area contributed by atoms with Gasteiger partial charge in [-0.15, -0.1) is 11.8 Å². The second kappa shape index (κ2) is 8.72. The van der Waals surface area contributed by atoms with Crippen molar-refractivity contribution in [2.75, 3.05) is 31.9 Å². The minimum absolute atomic E-state index is 0.0291. The molecule has 0 radical (unpaired) electrons. The number of halogens is 2. The van der Waals surface area contributed by atoms with Gasteiger partial charge in [-0.1, -0.05) is 18.2 Å². The number of nitrogens with zero attached hydrogens (tertiary/aromatic N) is 2. The lowest BCUT2D eigenvalue weighted by molar-refractivity contribution is -0.129. The Morgan fingerprint density at radius 3 is 2.44 bits per heavy atom. The van der Waals surface area contributed by atoms with Gasteiger partial charge in [0.15, 0.2) is 0 Å². The van der Waals surface area contributed by atoms with Crippen LogP contribution in [0.4, 0.5) is 4.39 Å². The Bertz CT molecular complexity index is 932. The van der Waals surface area contributed by atoms with Crippen molar-refractivity contribution in [1.82, 2.24) is 9.21 Å². The zero-order valence-electron chi connectivity index (χ0n) is 14.3. The Hall–Kier alpha value is -1.42. The molecule has 0 spiro atoms. The summed E-state index contributed by atoms with van der Waals surface area (Å²) >= 11 is 4.90. The third-order valence-corrected chi connectivity index (χ3v) is 8.12. The van der Waals surface area contributed by atoms with Gasteiger partial charge in [0.1, 0.15) is 5.82 Å². The lowest BCUT2D eigenvalue weighted by Gasteiger charge is -2.34. The van der Waals surface area contributed by atoms with Gasteiger partial charge in [0, 0.05) is 35.5 Å². The van der Waals surface area contributed by atoms with Crippen molar-refractivity contribution in [3.63, 3.8) is 0 Å². The summed E-state index contributed by atoms with van der Waals surface area (Å²) in [6.45, 7) is 1.04. The summed E-state index contributed by atoms with van der Waals surface area (Å²) in [6.07, 6.45) is 0. The molecule has 1 aliphatic rings. The Balaban J connectivity index is 1.57. The van der Waals surface area contributed by atoms with E-state index in [1.807, 2.05) is 24.3 Å². The number of hydrogen-bond acceptors (Lipinski definition) is 4. The van der Waals surface area contributed by atoms with Crippen LogP contribution in [0.5, 0.6) is 0 Å². The SMILES string of the molecule is O=C(CSc1ccccc1Br)N1CCN(S(=O)(=O)c2cccc(F)c2)CC1. The van der Waals surface area contributed by atoms with Gasteiger partial charge in [0.05, 0.1) is 10.6 Å². The zero-order chi connectivity index (χ0) is 19.4. The van der Waals surface area contributed by atoms with E-state index in [0.717, 1.165) is 15.4 Å². The average molecular weight is 473 g/mol. The first-order valence-electron chi connectivity index (χ1n) is 8.29. The highest BCUT2D eigenvalue weighted by molar-refractivity contribution is 9.10. The highest BCUT2D eigenvalue weighted by atomic mass is 79.9. The quantitative estimate of drug-likeness (QED) is 0.626. The number of piperazine rings is 1. The van der Waals surface area contributed by atoms with Crippen LogP contribution in [-0.4, -0.2) is 55.5 Å². The first-order chi connectivity index (χ1) is 12.9. The molecule has 0 saturated carbocycles. The van der Waals surface area contributed by atoms with Gasteiger partial charge in [-0.25, -0.2) is 12.8 Å². The topological polar surface area (TPSA) is 57.7 Å². The van der Waals surface area contributed by atoms with Gasteiger partial charge < -0.3 is 4.90 Å². The van der Waals surface area contributed by atoms with Gasteiger partial charge in [-0.3, -0.25) is 4.79 Å². The summed E-state index contributed by atoms with van der Waals surface area (Å²) in [5.74, 6) is -0.327. The second-order valence-corrected chi connectivity index (χ2v) is 9.77. The first-order valence-corrected chi connectivity index (χ1v) is 11.5. The third-order valence-electron chi connectivity index (χ3n) is 4.21. The lowest BCUT2D eigenvalue weighted by atomic mass is 10.3. The second-order valence-electron chi connectivity index (χ2n) is 5.96. The van der Waals surface area contributed by atoms with Crippen LogP contribution < -0.4 is 0 Å². The fourth-order valence-electron chi connectivity index (χ4n) is 2.75. The molecular weight excluding hydrogens is 455 g/mol. The summed E-state index contributed by atoms with van der Waals surface area (Å²) in [7, 11) is -3.75. The largest absolute Gasteiger partial charge is 0.339 e. The third kappa shape index (κ3) is 4.90. The molecule has 1 heterocycles. The molecule has 9 heteroatoms. The van der Waals surface area contributed by atoms with Gasteiger partial charge in [0.2, 0.25) is 15.9 Å². The fraction of sp³-hybridized carbons (Fsp3) is 0.278. The Morgan fingerprint density at radius 2 is 1.78 bits per heavy atom. The van der Waals surface area contributed by atoms with Gasteiger partial charge in [0.25, 0.3) is 0 Å². The predicted molar refractivity (Wildman–Crippen MR) is 107 cm³/mol. The number of hydrogen-bond donors (Lipinski definition) is 0. The Kier molecular flexibility index (Phi) is 6.56. The summed E-state index contributed by atoms with van der Waals surface area (Å²) in [5.41, 5.74) is 0. The maximum absolute atomic E-state index is 13.3. The smallest absolute Gasteiger partial charge is 0.243 e. The van der Waals surface area contributed by atoms with Crippen molar-refractivity contribution < 1.29 is 17.6 Å². The Labute approximate surface area is 170 Å². The van der Waals surface area contributed by atoms with Crippen molar-refractivity contribution in [3.05, 3.63) is 58.8 Å². The summed E-state index contributed by atoms with van der Waals surface area (Å²) in [4.78, 5) is 15.0. The van der Waals surface area contributed by atoms with E-state index in [1.165, 1.54) is 34.3 Å². The molecule has 1 aliphatic heterocycles. The molecule has 0 aliphatic carbocycles. The monoisotopic (exact) mass is 472 g/mol. The lowest BCUT2D eigenvalue weighted by Crippen LogP contribution is -2.50. The van der Waals surface area contributed by atoms with Crippen molar-refractivity contribution >= 4 is 43.6 Å². The van der Waals surface area contributed by atoms with Crippen LogP contribution in [0, 0.1) is 5.82 Å². The fourth-order valence-corrected chi connectivity index (χ4v) is 5.67. The van der Waals surface area contributed by atoms with Crippen LogP contribution in [-0.2, 0) is 14.8 Å². The molecule has 1 amide bonds. The van der Waals surface area contributed by atoms with E-state index in [4.69, 9.17) is 0 Å². The number of rotatable bonds is 5. The molecule has 1 saturated heterocycles. The van der Waals surface area contributed by atoms with Crippen LogP contribution in [0.3, 0.4) is 0 Å². The molecule has 1 fully saturated rings. The number of amides is 1. The van der Waals surface area contributed by atoms with E-state index in [2.05, 4.69) is 15.9 Å². The molecule has 0 atom stereocenters.